The van der Waals surface area contributed by atoms with Crippen molar-refractivity contribution in [1.82, 2.24) is 0 Å². The number of carboxylic acid groups (broad SMARTS) is 1. The maximum absolute atomic E-state index is 15.1. The second kappa shape index (κ2) is 11.6. The quantitative estimate of drug-likeness (QED) is 0.339. The molecule has 0 aromatic heterocycles. The normalized spacial score (nSPS) is 16.8. The highest BCUT2D eigenvalue weighted by atomic mass is 19.1. The Bertz CT molecular complexity index is 523. The lowest BCUT2D eigenvalue weighted by atomic mass is 9.74. The summed E-state index contributed by atoms with van der Waals surface area (Å²) in [6.07, 6.45) is 7.49. The molecule has 0 bridgehead atoms. The third-order valence-corrected chi connectivity index (χ3v) is 4.26. The summed E-state index contributed by atoms with van der Waals surface area (Å²) in [5.41, 5.74) is -0.750. The maximum Gasteiger partial charge on any atom is 0.306 e. The number of rotatable bonds is 10. The van der Waals surface area contributed by atoms with Gasteiger partial charge < -0.3 is 5.11 Å². The first-order valence-electron chi connectivity index (χ1n) is 8.53. The highest BCUT2D eigenvalue weighted by Crippen LogP contribution is 2.37. The molecule has 3 atom stereocenters. The first-order valence-corrected chi connectivity index (χ1v) is 8.53. The summed E-state index contributed by atoms with van der Waals surface area (Å²) in [5, 5.41) is 9.40. The Morgan fingerprint density at radius 3 is 2.58 bits per heavy atom. The maximum atomic E-state index is 15.1. The topological polar surface area (TPSA) is 49.7 Å². The van der Waals surface area contributed by atoms with Crippen LogP contribution in [0.5, 0.6) is 0 Å². The number of hydrogen-bond donors (Lipinski definition) is 1. The monoisotopic (exact) mass is 335 g/mol. The Labute approximate surface area is 145 Å². The predicted molar refractivity (Wildman–Crippen MR) is 98.8 cm³/mol. The van der Waals surface area contributed by atoms with Gasteiger partial charge in [0.05, 0.1) is 5.92 Å². The van der Waals surface area contributed by atoms with Gasteiger partial charge >= 0.3 is 5.97 Å². The van der Waals surface area contributed by atoms with Crippen LogP contribution in [0, 0.1) is 23.7 Å². The molecule has 0 rings (SSSR count). The number of hydrogen-bond acceptors (Lipinski definition) is 2. The molecule has 0 fully saturated rings. The number of aliphatic imine (C=N–C) groups is 1. The van der Waals surface area contributed by atoms with Crippen LogP contribution in [0.15, 0.2) is 28.9 Å². The number of carbonyl (C=O) groups is 1. The predicted octanol–water partition coefficient (Wildman–Crippen LogP) is 5.19. The summed E-state index contributed by atoms with van der Waals surface area (Å²) in [7, 11) is 0. The molecule has 3 nitrogen and oxygen atoms in total. The molecule has 0 saturated carbocycles. The molecule has 0 aliphatic heterocycles. The van der Waals surface area contributed by atoms with E-state index < -0.39 is 23.5 Å². The molecule has 0 aromatic carbocycles. The highest BCUT2D eigenvalue weighted by Gasteiger charge is 2.40. The van der Waals surface area contributed by atoms with Crippen LogP contribution in [0.2, 0.25) is 0 Å². The summed E-state index contributed by atoms with van der Waals surface area (Å²) in [5.74, 6) is 3.88. The lowest BCUT2D eigenvalue weighted by Crippen LogP contribution is -2.38. The van der Waals surface area contributed by atoms with Gasteiger partial charge in [-0.05, 0) is 45.9 Å². The van der Waals surface area contributed by atoms with Gasteiger partial charge in [0, 0.05) is 24.1 Å². The van der Waals surface area contributed by atoms with Crippen molar-refractivity contribution in [2.75, 3.05) is 0 Å². The lowest BCUT2D eigenvalue weighted by molar-refractivity contribution is -0.147. The average Bonchev–Trinajstić information content (AvgIpc) is 2.53. The molecule has 3 unspecified atom stereocenters. The molecule has 0 heterocycles. The van der Waals surface area contributed by atoms with E-state index in [9.17, 15) is 9.90 Å². The van der Waals surface area contributed by atoms with Gasteiger partial charge in [-0.15, -0.1) is 0 Å². The molecule has 0 amide bonds. The third kappa shape index (κ3) is 7.59. The fourth-order valence-corrected chi connectivity index (χ4v) is 2.94. The first-order chi connectivity index (χ1) is 11.3. The molecule has 0 aliphatic rings. The lowest BCUT2D eigenvalue weighted by Gasteiger charge is -2.33. The number of aliphatic carboxylic acids is 1. The van der Waals surface area contributed by atoms with Crippen LogP contribution in [0.25, 0.3) is 0 Å². The van der Waals surface area contributed by atoms with Gasteiger partial charge in [-0.1, -0.05) is 38.2 Å². The summed E-state index contributed by atoms with van der Waals surface area (Å²) in [6.45, 7) is 10.5. The second-order valence-electron chi connectivity index (χ2n) is 6.07. The van der Waals surface area contributed by atoms with E-state index in [1.54, 1.807) is 12.3 Å². The van der Waals surface area contributed by atoms with Crippen molar-refractivity contribution in [3.63, 3.8) is 0 Å². The molecule has 0 aliphatic carbocycles. The van der Waals surface area contributed by atoms with E-state index in [4.69, 9.17) is 0 Å². The molecular weight excluding hydrogens is 305 g/mol. The van der Waals surface area contributed by atoms with E-state index in [0.717, 1.165) is 12.0 Å². The smallest absolute Gasteiger partial charge is 0.306 e. The van der Waals surface area contributed by atoms with E-state index >= 15 is 4.39 Å². The van der Waals surface area contributed by atoms with Crippen molar-refractivity contribution >= 4 is 12.7 Å². The van der Waals surface area contributed by atoms with E-state index in [2.05, 4.69) is 23.6 Å². The standard InChI is InChI=1S/C20H30FNO2/c1-6-11-17(19(23)24)18(8-3)20(4,21)14-10-9-12-16(7-2)13-15-22-5/h7,13,15,17-18H,5-6,8,10-11,14H2,1-4H3,(H,23,24)/b15-13-,16-7-. The van der Waals surface area contributed by atoms with Crippen LogP contribution in [0.4, 0.5) is 4.39 Å². The summed E-state index contributed by atoms with van der Waals surface area (Å²) >= 11 is 0. The zero-order chi connectivity index (χ0) is 18.6. The van der Waals surface area contributed by atoms with Gasteiger partial charge in [0.15, 0.2) is 0 Å². The number of nitrogens with zero attached hydrogens (tertiary/aromatic N) is 1. The molecule has 134 valence electrons. The van der Waals surface area contributed by atoms with Crippen molar-refractivity contribution in [2.24, 2.45) is 16.8 Å². The Morgan fingerprint density at radius 1 is 1.46 bits per heavy atom. The minimum atomic E-state index is -1.55. The molecule has 1 N–H and O–H groups in total. The van der Waals surface area contributed by atoms with Crippen LogP contribution in [0.1, 0.15) is 59.8 Å². The molecule has 0 aromatic rings. The fourth-order valence-electron chi connectivity index (χ4n) is 2.94. The fraction of sp³-hybridized carbons (Fsp3) is 0.600. The van der Waals surface area contributed by atoms with Gasteiger partial charge in [0.25, 0.3) is 0 Å². The van der Waals surface area contributed by atoms with Crippen LogP contribution in [-0.2, 0) is 4.79 Å². The van der Waals surface area contributed by atoms with Crippen LogP contribution < -0.4 is 0 Å². The van der Waals surface area contributed by atoms with Crippen molar-refractivity contribution in [2.45, 2.75) is 65.5 Å². The number of alkyl halides is 1. The van der Waals surface area contributed by atoms with E-state index in [-0.39, 0.29) is 6.42 Å². The third-order valence-electron chi connectivity index (χ3n) is 4.26. The zero-order valence-corrected chi connectivity index (χ0v) is 15.3. The van der Waals surface area contributed by atoms with Gasteiger partial charge in [-0.3, -0.25) is 9.79 Å². The molecule has 4 heteroatoms. The first kappa shape index (κ1) is 22.1. The van der Waals surface area contributed by atoms with Crippen LogP contribution in [0.3, 0.4) is 0 Å². The Hall–Kier alpha value is -1.89. The van der Waals surface area contributed by atoms with Gasteiger partial charge in [0.1, 0.15) is 5.67 Å². The zero-order valence-electron chi connectivity index (χ0n) is 15.3. The number of carboxylic acids is 1. The minimum Gasteiger partial charge on any atom is -0.481 e. The van der Waals surface area contributed by atoms with E-state index in [1.807, 2.05) is 26.8 Å². The Balaban J connectivity index is 4.96. The SMILES string of the molecule is C=N/C=C\C(C#CCCC(C)(F)C(CC)C(CCC)C(=O)O)=C/C. The second-order valence-corrected chi connectivity index (χ2v) is 6.07. The average molecular weight is 335 g/mol. The highest BCUT2D eigenvalue weighted by molar-refractivity contribution is 5.70. The number of allylic oxidation sites excluding steroid dienone is 3. The Morgan fingerprint density at radius 2 is 2.12 bits per heavy atom. The number of halogens is 1. The van der Waals surface area contributed by atoms with E-state index in [0.29, 0.717) is 19.3 Å². The van der Waals surface area contributed by atoms with Crippen molar-refractivity contribution in [1.29, 1.82) is 0 Å². The van der Waals surface area contributed by atoms with Gasteiger partial charge in [-0.2, -0.15) is 0 Å². The van der Waals surface area contributed by atoms with E-state index in [1.165, 1.54) is 6.92 Å². The van der Waals surface area contributed by atoms with Gasteiger partial charge in [-0.25, -0.2) is 4.39 Å². The molecular formula is C20H30FNO2. The summed E-state index contributed by atoms with van der Waals surface area (Å²) < 4.78 is 15.1. The summed E-state index contributed by atoms with van der Waals surface area (Å²) in [6, 6.07) is 0. The van der Waals surface area contributed by atoms with Crippen molar-refractivity contribution in [3.8, 4) is 11.8 Å². The molecule has 24 heavy (non-hydrogen) atoms. The molecule has 0 spiro atoms. The molecule has 0 radical (unpaired) electrons. The van der Waals surface area contributed by atoms with Crippen LogP contribution >= 0.6 is 0 Å². The minimum absolute atomic E-state index is 0.229. The Kier molecular flexibility index (Phi) is 10.7. The summed E-state index contributed by atoms with van der Waals surface area (Å²) in [4.78, 5) is 15.1. The molecule has 0 saturated heterocycles. The van der Waals surface area contributed by atoms with Gasteiger partial charge in [0.2, 0.25) is 0 Å². The van der Waals surface area contributed by atoms with Crippen LogP contribution in [-0.4, -0.2) is 23.5 Å². The largest absolute Gasteiger partial charge is 0.481 e. The van der Waals surface area contributed by atoms with Crippen molar-refractivity contribution < 1.29 is 14.3 Å². The van der Waals surface area contributed by atoms with Crippen molar-refractivity contribution in [3.05, 3.63) is 23.9 Å².